The van der Waals surface area contributed by atoms with Gasteiger partial charge in [-0.3, -0.25) is 9.52 Å². The number of hydrogen-bond donors (Lipinski definition) is 3. The fourth-order valence-electron chi connectivity index (χ4n) is 3.11. The van der Waals surface area contributed by atoms with Gasteiger partial charge in [0.2, 0.25) is 0 Å². The predicted molar refractivity (Wildman–Crippen MR) is 114 cm³/mol. The van der Waals surface area contributed by atoms with Crippen LogP contribution in [0, 0.1) is 13.8 Å². The van der Waals surface area contributed by atoms with Gasteiger partial charge in [-0.25, -0.2) is 8.42 Å². The second-order valence-corrected chi connectivity index (χ2v) is 8.62. The summed E-state index contributed by atoms with van der Waals surface area (Å²) in [5.74, 6) is -0.254. The van der Waals surface area contributed by atoms with E-state index in [0.29, 0.717) is 16.8 Å². The van der Waals surface area contributed by atoms with E-state index in [1.807, 2.05) is 19.1 Å². The summed E-state index contributed by atoms with van der Waals surface area (Å²) < 4.78 is 28.2. The number of anilines is 1. The first-order chi connectivity index (χ1) is 12.8. The Morgan fingerprint density at radius 3 is 2.46 bits per heavy atom. The third kappa shape index (κ3) is 5.47. The monoisotopic (exact) mass is 423 g/mol. The van der Waals surface area contributed by atoms with Gasteiger partial charge in [-0.15, -0.1) is 12.4 Å². The minimum absolute atomic E-state index is 0. The topological polar surface area (TPSA) is 87.3 Å². The first-order valence-electron chi connectivity index (χ1n) is 9.07. The minimum atomic E-state index is -3.79. The summed E-state index contributed by atoms with van der Waals surface area (Å²) in [7, 11) is -3.79. The number of benzene rings is 2. The standard InChI is InChI=1S/C20H25N3O3S.ClH/c1-14-5-9-17(10-6-14)23-27(25,26)19-12-16(8-7-15(19)2)20(24)22-18-4-3-11-21-13-18;/h5-10,12,18,21,23H,3-4,11,13H2,1-2H3,(H,22,24);1H/t18-;/m0./s1. The molecule has 1 amide bonds. The molecule has 0 saturated carbocycles. The van der Waals surface area contributed by atoms with Crippen molar-refractivity contribution in [1.29, 1.82) is 0 Å². The van der Waals surface area contributed by atoms with Crippen LogP contribution in [0.4, 0.5) is 5.69 Å². The van der Waals surface area contributed by atoms with Crippen molar-refractivity contribution in [3.05, 3.63) is 59.2 Å². The Morgan fingerprint density at radius 1 is 1.11 bits per heavy atom. The van der Waals surface area contributed by atoms with Gasteiger partial charge < -0.3 is 10.6 Å². The number of aryl methyl sites for hydroxylation is 2. The highest BCUT2D eigenvalue weighted by molar-refractivity contribution is 7.92. The second-order valence-electron chi connectivity index (χ2n) is 6.97. The molecular formula is C20H26ClN3O3S. The third-order valence-electron chi connectivity index (χ3n) is 4.68. The highest BCUT2D eigenvalue weighted by Crippen LogP contribution is 2.21. The molecule has 0 bridgehead atoms. The third-order valence-corrected chi connectivity index (χ3v) is 6.20. The van der Waals surface area contributed by atoms with Crippen molar-refractivity contribution in [2.24, 2.45) is 0 Å². The molecule has 0 radical (unpaired) electrons. The lowest BCUT2D eigenvalue weighted by molar-refractivity contribution is 0.0930. The van der Waals surface area contributed by atoms with Crippen LogP contribution >= 0.6 is 12.4 Å². The van der Waals surface area contributed by atoms with Crippen LogP contribution in [0.25, 0.3) is 0 Å². The van der Waals surface area contributed by atoms with Crippen LogP contribution in [0.5, 0.6) is 0 Å². The second kappa shape index (κ2) is 9.41. The SMILES string of the molecule is Cc1ccc(NS(=O)(=O)c2cc(C(=O)N[C@H]3CCCNC3)ccc2C)cc1.Cl. The zero-order chi connectivity index (χ0) is 19.4. The summed E-state index contributed by atoms with van der Waals surface area (Å²) in [6, 6.07) is 11.9. The number of hydrogen-bond acceptors (Lipinski definition) is 4. The van der Waals surface area contributed by atoms with Gasteiger partial charge in [0.1, 0.15) is 0 Å². The van der Waals surface area contributed by atoms with E-state index in [0.717, 1.165) is 31.5 Å². The zero-order valence-corrected chi connectivity index (χ0v) is 17.6. The Morgan fingerprint density at radius 2 is 1.82 bits per heavy atom. The Kier molecular flexibility index (Phi) is 7.46. The van der Waals surface area contributed by atoms with Gasteiger partial charge in [-0.1, -0.05) is 23.8 Å². The number of carbonyl (C=O) groups is 1. The molecule has 28 heavy (non-hydrogen) atoms. The maximum absolute atomic E-state index is 12.8. The molecule has 8 heteroatoms. The molecular weight excluding hydrogens is 398 g/mol. The number of amides is 1. The van der Waals surface area contributed by atoms with Gasteiger partial charge in [-0.2, -0.15) is 0 Å². The largest absolute Gasteiger partial charge is 0.348 e. The molecule has 3 N–H and O–H groups in total. The van der Waals surface area contributed by atoms with E-state index in [1.54, 1.807) is 31.2 Å². The van der Waals surface area contributed by atoms with Crippen molar-refractivity contribution >= 4 is 34.0 Å². The number of carbonyl (C=O) groups excluding carboxylic acids is 1. The summed E-state index contributed by atoms with van der Waals surface area (Å²) >= 11 is 0. The lowest BCUT2D eigenvalue weighted by Crippen LogP contribution is -2.45. The van der Waals surface area contributed by atoms with Crippen LogP contribution in [0.3, 0.4) is 0 Å². The molecule has 1 heterocycles. The highest BCUT2D eigenvalue weighted by atomic mass is 35.5. The lowest BCUT2D eigenvalue weighted by atomic mass is 10.1. The fourth-order valence-corrected chi connectivity index (χ4v) is 4.44. The molecule has 0 spiro atoms. The van der Waals surface area contributed by atoms with Crippen molar-refractivity contribution < 1.29 is 13.2 Å². The molecule has 6 nitrogen and oxygen atoms in total. The van der Waals surface area contributed by atoms with Crippen LogP contribution in [0.15, 0.2) is 47.4 Å². The van der Waals surface area contributed by atoms with Gasteiger partial charge >= 0.3 is 0 Å². The number of halogens is 1. The molecule has 1 atom stereocenters. The molecule has 152 valence electrons. The Labute approximate surface area is 172 Å². The maximum Gasteiger partial charge on any atom is 0.262 e. The molecule has 1 saturated heterocycles. The predicted octanol–water partition coefficient (Wildman–Crippen LogP) is 3.01. The molecule has 1 fully saturated rings. The summed E-state index contributed by atoms with van der Waals surface area (Å²) in [6.07, 6.45) is 1.93. The lowest BCUT2D eigenvalue weighted by Gasteiger charge is -2.24. The van der Waals surface area contributed by atoms with E-state index < -0.39 is 10.0 Å². The number of piperidine rings is 1. The van der Waals surface area contributed by atoms with E-state index in [2.05, 4.69) is 15.4 Å². The summed E-state index contributed by atoms with van der Waals surface area (Å²) in [5.41, 5.74) is 2.47. The smallest absolute Gasteiger partial charge is 0.262 e. The summed E-state index contributed by atoms with van der Waals surface area (Å²) in [5, 5.41) is 6.22. The average Bonchev–Trinajstić information content (AvgIpc) is 2.64. The zero-order valence-electron chi connectivity index (χ0n) is 16.0. The van der Waals surface area contributed by atoms with Gasteiger partial charge in [0.05, 0.1) is 4.90 Å². The van der Waals surface area contributed by atoms with Gasteiger partial charge in [0.25, 0.3) is 15.9 Å². The Hall–Kier alpha value is -2.09. The van der Waals surface area contributed by atoms with Crippen molar-refractivity contribution in [1.82, 2.24) is 10.6 Å². The van der Waals surface area contributed by atoms with E-state index in [1.165, 1.54) is 6.07 Å². The molecule has 2 aromatic carbocycles. The van der Waals surface area contributed by atoms with Crippen LogP contribution in [0.2, 0.25) is 0 Å². The maximum atomic E-state index is 12.8. The van der Waals surface area contributed by atoms with E-state index in [4.69, 9.17) is 0 Å². The van der Waals surface area contributed by atoms with Crippen LogP contribution in [-0.2, 0) is 10.0 Å². The minimum Gasteiger partial charge on any atom is -0.348 e. The Balaban J connectivity index is 0.00000280. The van der Waals surface area contributed by atoms with Crippen molar-refractivity contribution in [3.8, 4) is 0 Å². The van der Waals surface area contributed by atoms with Crippen LogP contribution in [-0.4, -0.2) is 33.5 Å². The quantitative estimate of drug-likeness (QED) is 0.689. The average molecular weight is 424 g/mol. The number of sulfonamides is 1. The van der Waals surface area contributed by atoms with Crippen molar-refractivity contribution in [3.63, 3.8) is 0 Å². The normalized spacial score (nSPS) is 16.7. The van der Waals surface area contributed by atoms with Gasteiger partial charge in [0.15, 0.2) is 0 Å². The van der Waals surface area contributed by atoms with Crippen molar-refractivity contribution in [2.45, 2.75) is 37.6 Å². The number of nitrogens with one attached hydrogen (secondary N) is 3. The molecule has 3 rings (SSSR count). The number of rotatable bonds is 5. The summed E-state index contributed by atoms with van der Waals surface area (Å²) in [4.78, 5) is 12.7. The summed E-state index contributed by atoms with van der Waals surface area (Å²) in [6.45, 7) is 5.35. The molecule has 1 aliphatic heterocycles. The van der Waals surface area contributed by atoms with Crippen molar-refractivity contribution in [2.75, 3.05) is 17.8 Å². The van der Waals surface area contributed by atoms with Crippen LogP contribution < -0.4 is 15.4 Å². The Bertz CT molecular complexity index is 924. The molecule has 0 aliphatic carbocycles. The highest BCUT2D eigenvalue weighted by Gasteiger charge is 2.21. The molecule has 0 aromatic heterocycles. The fraction of sp³-hybridized carbons (Fsp3) is 0.350. The van der Waals surface area contributed by atoms with Gasteiger partial charge in [-0.05, 0) is 63.1 Å². The molecule has 0 unspecified atom stereocenters. The van der Waals surface area contributed by atoms with Gasteiger partial charge in [0, 0.05) is 23.8 Å². The van der Waals surface area contributed by atoms with E-state index >= 15 is 0 Å². The van der Waals surface area contributed by atoms with Crippen LogP contribution in [0.1, 0.15) is 34.3 Å². The van der Waals surface area contributed by atoms with E-state index in [-0.39, 0.29) is 29.3 Å². The molecule has 1 aliphatic rings. The van der Waals surface area contributed by atoms with E-state index in [9.17, 15) is 13.2 Å². The first kappa shape index (κ1) is 22.2. The molecule has 2 aromatic rings. The first-order valence-corrected chi connectivity index (χ1v) is 10.6.